The molecule has 154 valence electrons. The highest BCUT2D eigenvalue weighted by atomic mass is 19.1. The molecule has 0 aliphatic carbocycles. The molecular weight excluding hydrogens is 377 g/mol. The van der Waals surface area contributed by atoms with Crippen LogP contribution in [0, 0.1) is 5.41 Å². The van der Waals surface area contributed by atoms with Crippen molar-refractivity contribution in [3.05, 3.63) is 12.2 Å². The minimum absolute atomic E-state index is 0.372. The zero-order chi connectivity index (χ0) is 21.2. The molecule has 0 aromatic rings. The molecule has 0 radical (unpaired) electrons. The van der Waals surface area contributed by atoms with Crippen LogP contribution < -0.4 is 0 Å². The van der Waals surface area contributed by atoms with Gasteiger partial charge in [0.2, 0.25) is 0 Å². The van der Waals surface area contributed by atoms with Gasteiger partial charge < -0.3 is 20.4 Å². The fraction of sp³-hybridized carbons (Fsp3) is 0.625. The van der Waals surface area contributed by atoms with Crippen LogP contribution >= 0.6 is 0 Å². The summed E-state index contributed by atoms with van der Waals surface area (Å²) in [6.07, 6.45) is -8.41. The van der Waals surface area contributed by atoms with E-state index in [0.717, 1.165) is 6.08 Å². The number of rotatable bonds is 14. The van der Waals surface area contributed by atoms with Gasteiger partial charge in [0, 0.05) is 6.08 Å². The predicted octanol–water partition coefficient (Wildman–Crippen LogP) is 2.22. The standard InChI is InChI=1S/C16H21F3O8/c17-9(13(22)23)1-5-16(8-4-12(20)21,6-2-10(18)14(24)25)7-3-11(19)15(26)27/h4,8-11H,1-3,5-7H2,(H,20,21)(H,22,23)(H,24,25)(H,26,27)/b8-4+. The van der Waals surface area contributed by atoms with Crippen molar-refractivity contribution in [3.8, 4) is 0 Å². The Morgan fingerprint density at radius 2 is 1.00 bits per heavy atom. The van der Waals surface area contributed by atoms with Gasteiger partial charge in [0.1, 0.15) is 0 Å². The molecule has 0 bridgehead atoms. The van der Waals surface area contributed by atoms with Crippen LogP contribution in [-0.4, -0.2) is 62.8 Å². The summed E-state index contributed by atoms with van der Waals surface area (Å²) >= 11 is 0. The largest absolute Gasteiger partial charge is 0.479 e. The first-order valence-corrected chi connectivity index (χ1v) is 7.93. The second-order valence-electron chi connectivity index (χ2n) is 6.07. The van der Waals surface area contributed by atoms with Gasteiger partial charge in [0.15, 0.2) is 18.5 Å². The predicted molar refractivity (Wildman–Crippen MR) is 84.5 cm³/mol. The van der Waals surface area contributed by atoms with Gasteiger partial charge in [0.05, 0.1) is 0 Å². The topological polar surface area (TPSA) is 149 Å². The van der Waals surface area contributed by atoms with Gasteiger partial charge in [-0.15, -0.1) is 0 Å². The highest BCUT2D eigenvalue weighted by molar-refractivity contribution is 5.80. The lowest BCUT2D eigenvalue weighted by Crippen LogP contribution is -2.27. The Bertz CT molecular complexity index is 518. The third-order valence-electron chi connectivity index (χ3n) is 4.07. The number of carboxylic acid groups (broad SMARTS) is 4. The molecule has 0 saturated heterocycles. The molecule has 4 N–H and O–H groups in total. The molecule has 0 aromatic heterocycles. The quantitative estimate of drug-likeness (QED) is 0.325. The molecule has 0 aromatic carbocycles. The van der Waals surface area contributed by atoms with E-state index >= 15 is 0 Å². The van der Waals surface area contributed by atoms with Crippen molar-refractivity contribution in [2.24, 2.45) is 5.41 Å². The number of carbonyl (C=O) groups is 4. The van der Waals surface area contributed by atoms with Crippen molar-refractivity contribution < 1.29 is 52.8 Å². The molecule has 0 aliphatic rings. The zero-order valence-corrected chi connectivity index (χ0v) is 14.2. The Morgan fingerprint density at radius 1 is 0.704 bits per heavy atom. The van der Waals surface area contributed by atoms with Crippen LogP contribution in [0.15, 0.2) is 12.2 Å². The summed E-state index contributed by atoms with van der Waals surface area (Å²) in [4.78, 5) is 42.7. The van der Waals surface area contributed by atoms with E-state index in [9.17, 15) is 32.3 Å². The lowest BCUT2D eigenvalue weighted by atomic mass is 9.73. The number of allylic oxidation sites excluding steroid dienone is 1. The van der Waals surface area contributed by atoms with Crippen LogP contribution in [0.3, 0.4) is 0 Å². The fourth-order valence-corrected chi connectivity index (χ4v) is 2.49. The Morgan fingerprint density at radius 3 is 1.22 bits per heavy atom. The molecule has 27 heavy (non-hydrogen) atoms. The highest BCUT2D eigenvalue weighted by Gasteiger charge is 2.33. The van der Waals surface area contributed by atoms with Gasteiger partial charge in [-0.05, 0) is 43.9 Å². The molecule has 11 heteroatoms. The van der Waals surface area contributed by atoms with Gasteiger partial charge in [0.25, 0.3) is 0 Å². The van der Waals surface area contributed by atoms with Crippen molar-refractivity contribution >= 4 is 23.9 Å². The monoisotopic (exact) mass is 398 g/mol. The minimum Gasteiger partial charge on any atom is -0.479 e. The average Bonchev–Trinajstić information content (AvgIpc) is 2.58. The van der Waals surface area contributed by atoms with Crippen LogP contribution in [0.1, 0.15) is 38.5 Å². The smallest absolute Gasteiger partial charge is 0.338 e. The zero-order valence-electron chi connectivity index (χ0n) is 14.2. The second kappa shape index (κ2) is 11.2. The number of carboxylic acids is 4. The maximum absolute atomic E-state index is 13.4. The molecule has 3 atom stereocenters. The normalized spacial score (nSPS) is 17.0. The first-order valence-electron chi connectivity index (χ1n) is 7.93. The van der Waals surface area contributed by atoms with Crippen LogP contribution in [0.2, 0.25) is 0 Å². The summed E-state index contributed by atoms with van der Waals surface area (Å²) in [5, 5.41) is 34.6. The summed E-state index contributed by atoms with van der Waals surface area (Å²) < 4.78 is 40.3. The molecule has 8 nitrogen and oxygen atoms in total. The van der Waals surface area contributed by atoms with Crippen molar-refractivity contribution in [2.45, 2.75) is 57.0 Å². The Balaban J connectivity index is 5.56. The fourth-order valence-electron chi connectivity index (χ4n) is 2.49. The number of aliphatic carboxylic acids is 4. The van der Waals surface area contributed by atoms with E-state index in [2.05, 4.69) is 0 Å². The van der Waals surface area contributed by atoms with E-state index in [4.69, 9.17) is 20.4 Å². The van der Waals surface area contributed by atoms with Gasteiger partial charge in [-0.2, -0.15) is 0 Å². The van der Waals surface area contributed by atoms with E-state index in [1.165, 1.54) is 0 Å². The number of hydrogen-bond donors (Lipinski definition) is 4. The van der Waals surface area contributed by atoms with E-state index in [0.29, 0.717) is 6.08 Å². The second-order valence-corrected chi connectivity index (χ2v) is 6.07. The Hall–Kier alpha value is -2.59. The lowest BCUT2D eigenvalue weighted by Gasteiger charge is -2.32. The molecule has 0 amide bonds. The maximum Gasteiger partial charge on any atom is 0.338 e. The molecular formula is C16H21F3O8. The van der Waals surface area contributed by atoms with E-state index in [1.54, 1.807) is 0 Å². The number of halogens is 3. The van der Waals surface area contributed by atoms with Crippen molar-refractivity contribution in [1.29, 1.82) is 0 Å². The third-order valence-corrected chi connectivity index (χ3v) is 4.07. The van der Waals surface area contributed by atoms with E-state index in [1.807, 2.05) is 0 Å². The molecule has 0 aliphatic heterocycles. The van der Waals surface area contributed by atoms with Crippen LogP contribution in [-0.2, 0) is 19.2 Å². The maximum atomic E-state index is 13.4. The molecule has 3 unspecified atom stereocenters. The lowest BCUT2D eigenvalue weighted by molar-refractivity contribution is -0.143. The first-order chi connectivity index (χ1) is 12.4. The number of alkyl halides is 3. The van der Waals surface area contributed by atoms with Gasteiger partial charge in [-0.25, -0.2) is 32.3 Å². The van der Waals surface area contributed by atoms with Crippen LogP contribution in [0.4, 0.5) is 13.2 Å². The van der Waals surface area contributed by atoms with Gasteiger partial charge >= 0.3 is 23.9 Å². The van der Waals surface area contributed by atoms with Crippen LogP contribution in [0.5, 0.6) is 0 Å². The summed E-state index contributed by atoms with van der Waals surface area (Å²) in [6.45, 7) is 0. The Kier molecular flexibility index (Phi) is 10.1. The van der Waals surface area contributed by atoms with E-state index < -0.39 is 67.1 Å². The number of hydrogen-bond acceptors (Lipinski definition) is 4. The molecule has 0 spiro atoms. The van der Waals surface area contributed by atoms with Crippen molar-refractivity contribution in [2.75, 3.05) is 0 Å². The van der Waals surface area contributed by atoms with Gasteiger partial charge in [-0.3, -0.25) is 0 Å². The average molecular weight is 398 g/mol. The SMILES string of the molecule is O=C(O)/C=C/C(CCC(F)C(=O)O)(CCC(F)C(=O)O)CCC(F)C(=O)O. The summed E-state index contributed by atoms with van der Waals surface area (Å²) in [5.41, 5.74) is -1.49. The van der Waals surface area contributed by atoms with Gasteiger partial charge in [-0.1, -0.05) is 6.08 Å². The molecule has 0 fully saturated rings. The molecule has 0 heterocycles. The first kappa shape index (κ1) is 24.4. The Labute approximate surface area is 152 Å². The molecule has 0 rings (SSSR count). The summed E-state index contributed by atoms with van der Waals surface area (Å²) in [5.74, 6) is -6.80. The summed E-state index contributed by atoms with van der Waals surface area (Å²) in [7, 11) is 0. The third kappa shape index (κ3) is 9.61. The van der Waals surface area contributed by atoms with Crippen LogP contribution in [0.25, 0.3) is 0 Å². The minimum atomic E-state index is -2.33. The summed E-state index contributed by atoms with van der Waals surface area (Å²) in [6, 6.07) is 0. The van der Waals surface area contributed by atoms with Crippen molar-refractivity contribution in [3.63, 3.8) is 0 Å². The van der Waals surface area contributed by atoms with E-state index in [-0.39, 0.29) is 19.3 Å². The molecule has 0 saturated carbocycles. The van der Waals surface area contributed by atoms with Crippen molar-refractivity contribution in [1.82, 2.24) is 0 Å². The highest BCUT2D eigenvalue weighted by Crippen LogP contribution is 2.39.